The van der Waals surface area contributed by atoms with E-state index in [1.54, 1.807) is 24.7 Å². The molecule has 0 bridgehead atoms. The van der Waals surface area contributed by atoms with Crippen LogP contribution < -0.4 is 5.32 Å². The maximum atomic E-state index is 10.2. The number of nitrogens with zero attached hydrogens (tertiary/aromatic N) is 3. The molecule has 9 heteroatoms. The number of aliphatic hydroxyl groups excluding tert-OH is 2. The van der Waals surface area contributed by atoms with Gasteiger partial charge in [0.2, 0.25) is 0 Å². The summed E-state index contributed by atoms with van der Waals surface area (Å²) in [6.07, 6.45) is 3.67. The Morgan fingerprint density at radius 1 is 1.19 bits per heavy atom. The number of benzene rings is 1. The van der Waals surface area contributed by atoms with Crippen LogP contribution in [0.3, 0.4) is 0 Å². The van der Waals surface area contributed by atoms with Gasteiger partial charge in [0.25, 0.3) is 0 Å². The first-order valence-electron chi connectivity index (χ1n) is 8.01. The van der Waals surface area contributed by atoms with Crippen molar-refractivity contribution in [1.82, 2.24) is 14.4 Å². The molecule has 0 radical (unpaired) electrons. The van der Waals surface area contributed by atoms with Gasteiger partial charge >= 0.3 is 0 Å². The van der Waals surface area contributed by atoms with Crippen LogP contribution in [-0.4, -0.2) is 42.5 Å². The zero-order valence-corrected chi connectivity index (χ0v) is 15.8. The van der Waals surface area contributed by atoms with Crippen molar-refractivity contribution in [1.29, 1.82) is 0 Å². The lowest BCUT2D eigenvalue weighted by molar-refractivity contribution is 0.0411. The SMILES string of the molecule is O[C@@H]1[C@H](O)CS[C@H]1c1cnc2c(NCc3cc(Cl)cc(Cl)c3)nccn12. The molecule has 0 aliphatic carbocycles. The fraction of sp³-hybridized carbons (Fsp3) is 0.294. The maximum absolute atomic E-state index is 10.2. The van der Waals surface area contributed by atoms with Gasteiger partial charge in [-0.2, -0.15) is 0 Å². The highest BCUT2D eigenvalue weighted by atomic mass is 35.5. The van der Waals surface area contributed by atoms with E-state index in [0.29, 0.717) is 33.8 Å². The molecule has 3 heterocycles. The lowest BCUT2D eigenvalue weighted by Crippen LogP contribution is -2.25. The van der Waals surface area contributed by atoms with E-state index >= 15 is 0 Å². The van der Waals surface area contributed by atoms with Crippen LogP contribution in [0.4, 0.5) is 5.82 Å². The molecule has 1 aliphatic rings. The molecule has 1 aromatic carbocycles. The van der Waals surface area contributed by atoms with Gasteiger partial charge in [-0.1, -0.05) is 23.2 Å². The minimum Gasteiger partial charge on any atom is -0.390 e. The average molecular weight is 411 g/mol. The number of halogens is 2. The highest BCUT2D eigenvalue weighted by molar-refractivity contribution is 7.99. The van der Waals surface area contributed by atoms with Crippen molar-refractivity contribution in [2.45, 2.75) is 24.0 Å². The minimum absolute atomic E-state index is 0.220. The molecule has 26 heavy (non-hydrogen) atoms. The molecule has 0 spiro atoms. The number of hydrogen-bond acceptors (Lipinski definition) is 6. The van der Waals surface area contributed by atoms with Gasteiger partial charge in [0.1, 0.15) is 0 Å². The van der Waals surface area contributed by atoms with Crippen LogP contribution in [0.5, 0.6) is 0 Å². The Labute approximate surface area is 164 Å². The summed E-state index contributed by atoms with van der Waals surface area (Å²) in [5.41, 5.74) is 2.43. The third kappa shape index (κ3) is 3.37. The van der Waals surface area contributed by atoms with E-state index in [1.165, 1.54) is 11.8 Å². The first-order chi connectivity index (χ1) is 12.5. The molecule has 3 aromatic rings. The quantitative estimate of drug-likeness (QED) is 0.612. The van der Waals surface area contributed by atoms with Crippen LogP contribution in [0.15, 0.2) is 36.8 Å². The number of anilines is 1. The zero-order chi connectivity index (χ0) is 18.3. The van der Waals surface area contributed by atoms with E-state index in [1.807, 2.05) is 16.5 Å². The molecule has 2 aromatic heterocycles. The topological polar surface area (TPSA) is 82.7 Å². The molecule has 0 saturated carbocycles. The number of thioether (sulfide) groups is 1. The Morgan fingerprint density at radius 2 is 1.96 bits per heavy atom. The van der Waals surface area contributed by atoms with Crippen LogP contribution in [-0.2, 0) is 6.54 Å². The van der Waals surface area contributed by atoms with Crippen LogP contribution in [0.25, 0.3) is 5.65 Å². The van der Waals surface area contributed by atoms with Gasteiger partial charge < -0.3 is 15.5 Å². The Kier molecular flexibility index (Phi) is 4.98. The van der Waals surface area contributed by atoms with Crippen molar-refractivity contribution in [2.75, 3.05) is 11.1 Å². The molecule has 3 atom stereocenters. The molecule has 136 valence electrons. The summed E-state index contributed by atoms with van der Waals surface area (Å²) in [7, 11) is 0. The molecular weight excluding hydrogens is 395 g/mol. The second-order valence-corrected chi connectivity index (χ2v) is 8.14. The fourth-order valence-corrected chi connectivity index (χ4v) is 4.93. The second-order valence-electron chi connectivity index (χ2n) is 6.10. The van der Waals surface area contributed by atoms with Gasteiger partial charge in [-0.15, -0.1) is 11.8 Å². The van der Waals surface area contributed by atoms with E-state index in [9.17, 15) is 10.2 Å². The van der Waals surface area contributed by atoms with Crippen LogP contribution in [0, 0.1) is 0 Å². The summed E-state index contributed by atoms with van der Waals surface area (Å²) in [5, 5.41) is 24.2. The molecule has 3 N–H and O–H groups in total. The van der Waals surface area contributed by atoms with Gasteiger partial charge in [-0.05, 0) is 23.8 Å². The van der Waals surface area contributed by atoms with Crippen LogP contribution in [0.1, 0.15) is 16.5 Å². The van der Waals surface area contributed by atoms with Crippen molar-refractivity contribution >= 4 is 46.4 Å². The maximum Gasteiger partial charge on any atom is 0.180 e. The number of hydrogen-bond donors (Lipinski definition) is 3. The van der Waals surface area contributed by atoms with E-state index in [0.717, 1.165) is 11.3 Å². The molecule has 0 amide bonds. The van der Waals surface area contributed by atoms with E-state index in [4.69, 9.17) is 23.2 Å². The third-order valence-corrected chi connectivity index (χ3v) is 6.13. The van der Waals surface area contributed by atoms with Gasteiger partial charge in [0.05, 0.1) is 29.3 Å². The monoisotopic (exact) mass is 410 g/mol. The molecule has 6 nitrogen and oxygen atoms in total. The molecule has 1 saturated heterocycles. The van der Waals surface area contributed by atoms with Gasteiger partial charge in [0.15, 0.2) is 11.5 Å². The fourth-order valence-electron chi connectivity index (χ4n) is 3.03. The van der Waals surface area contributed by atoms with Crippen LogP contribution in [0.2, 0.25) is 10.0 Å². The minimum atomic E-state index is -0.807. The van der Waals surface area contributed by atoms with E-state index in [-0.39, 0.29) is 5.25 Å². The predicted molar refractivity (Wildman–Crippen MR) is 104 cm³/mol. The van der Waals surface area contributed by atoms with Gasteiger partial charge in [-0.25, -0.2) is 9.97 Å². The van der Waals surface area contributed by atoms with Crippen molar-refractivity contribution in [3.05, 3.63) is 58.1 Å². The highest BCUT2D eigenvalue weighted by Gasteiger charge is 2.37. The Bertz CT molecular complexity index is 931. The predicted octanol–water partition coefficient (Wildman–Crippen LogP) is 3.16. The molecule has 4 rings (SSSR count). The van der Waals surface area contributed by atoms with Crippen molar-refractivity contribution in [3.8, 4) is 0 Å². The number of rotatable bonds is 4. The lowest BCUT2D eigenvalue weighted by Gasteiger charge is -2.15. The van der Waals surface area contributed by atoms with Crippen LogP contribution >= 0.6 is 35.0 Å². The Morgan fingerprint density at radius 3 is 2.65 bits per heavy atom. The first kappa shape index (κ1) is 17.9. The lowest BCUT2D eigenvalue weighted by atomic mass is 10.1. The molecule has 1 aliphatic heterocycles. The van der Waals surface area contributed by atoms with Crippen molar-refractivity contribution in [2.24, 2.45) is 0 Å². The number of fused-ring (bicyclic) bond motifs is 1. The average Bonchev–Trinajstić information content (AvgIpc) is 3.16. The second kappa shape index (κ2) is 7.25. The number of aliphatic hydroxyl groups is 2. The van der Waals surface area contributed by atoms with Crippen molar-refractivity contribution in [3.63, 3.8) is 0 Å². The van der Waals surface area contributed by atoms with Crippen molar-refractivity contribution < 1.29 is 10.2 Å². The highest BCUT2D eigenvalue weighted by Crippen LogP contribution is 2.40. The Hall–Kier alpha value is -1.51. The number of imidazole rings is 1. The molecular formula is C17H16Cl2N4O2S. The largest absolute Gasteiger partial charge is 0.390 e. The van der Waals surface area contributed by atoms with Gasteiger partial charge in [-0.3, -0.25) is 4.40 Å². The normalized spacial score (nSPS) is 22.8. The summed E-state index contributed by atoms with van der Waals surface area (Å²) in [4.78, 5) is 8.81. The molecule has 0 unspecified atom stereocenters. The Balaban J connectivity index is 1.61. The summed E-state index contributed by atoms with van der Waals surface area (Å²) < 4.78 is 1.89. The zero-order valence-electron chi connectivity index (χ0n) is 13.5. The summed E-state index contributed by atoms with van der Waals surface area (Å²) in [5.74, 6) is 1.12. The third-order valence-electron chi connectivity index (χ3n) is 4.28. The van der Waals surface area contributed by atoms with E-state index < -0.39 is 12.2 Å². The first-order valence-corrected chi connectivity index (χ1v) is 9.82. The summed E-state index contributed by atoms with van der Waals surface area (Å²) in [6.45, 7) is 0.495. The molecule has 1 fully saturated rings. The summed E-state index contributed by atoms with van der Waals surface area (Å²) in [6, 6.07) is 5.36. The number of aromatic nitrogens is 3. The standard InChI is InChI=1S/C17H16Cl2N4O2S/c18-10-3-9(4-11(19)5-10)6-21-16-17-22-7-12(23(17)2-1-20-16)15-14(25)13(24)8-26-15/h1-5,7,13-15,24-25H,6,8H2,(H,20,21)/t13-,14-,15+/m1/s1. The van der Waals surface area contributed by atoms with Gasteiger partial charge in [0, 0.05) is 34.7 Å². The summed E-state index contributed by atoms with van der Waals surface area (Å²) >= 11 is 13.6. The smallest absolute Gasteiger partial charge is 0.180 e. The number of nitrogens with one attached hydrogen (secondary N) is 1. The van der Waals surface area contributed by atoms with E-state index in [2.05, 4.69) is 15.3 Å².